The Kier molecular flexibility index (Phi) is 3.39. The molecule has 0 radical (unpaired) electrons. The lowest BCUT2D eigenvalue weighted by Crippen LogP contribution is -2.25. The molecule has 0 atom stereocenters. The number of aryl methyl sites for hydroxylation is 1. The largest absolute Gasteiger partial charge is 0.477 e. The molecule has 88 valence electrons. The highest BCUT2D eigenvalue weighted by atomic mass is 32.1. The van der Waals surface area contributed by atoms with Crippen LogP contribution in [0.5, 0.6) is 0 Å². The fourth-order valence-corrected chi connectivity index (χ4v) is 2.31. The van der Waals surface area contributed by atoms with Crippen molar-refractivity contribution in [1.82, 2.24) is 4.57 Å². The summed E-state index contributed by atoms with van der Waals surface area (Å²) < 4.78 is 1.29. The molecule has 0 fully saturated rings. The first-order valence-corrected chi connectivity index (χ1v) is 6.02. The van der Waals surface area contributed by atoms with E-state index >= 15 is 0 Å². The average molecular weight is 249 g/mol. The standard InChI is InChI=1S/C12H11NO3S/c14-11-5-1-4-10(12(15)16)13(11)7-6-9-3-2-8-17-9/h1-5,8H,6-7H2,(H,15,16). The molecular weight excluding hydrogens is 238 g/mol. The zero-order valence-corrected chi connectivity index (χ0v) is 9.81. The van der Waals surface area contributed by atoms with Crippen molar-refractivity contribution in [2.75, 3.05) is 0 Å². The molecule has 0 unspecified atom stereocenters. The lowest BCUT2D eigenvalue weighted by Gasteiger charge is -2.08. The van der Waals surface area contributed by atoms with Gasteiger partial charge in [-0.05, 0) is 23.9 Å². The maximum atomic E-state index is 11.6. The maximum absolute atomic E-state index is 11.6. The lowest BCUT2D eigenvalue weighted by molar-refractivity contribution is 0.0683. The van der Waals surface area contributed by atoms with E-state index < -0.39 is 5.97 Å². The average Bonchev–Trinajstić information content (AvgIpc) is 2.80. The van der Waals surface area contributed by atoms with Crippen LogP contribution in [0.3, 0.4) is 0 Å². The molecule has 2 heterocycles. The predicted molar refractivity (Wildman–Crippen MR) is 65.7 cm³/mol. The van der Waals surface area contributed by atoms with Crippen molar-refractivity contribution < 1.29 is 9.90 Å². The number of rotatable bonds is 4. The molecule has 5 heteroatoms. The van der Waals surface area contributed by atoms with E-state index in [1.165, 1.54) is 22.8 Å². The number of hydrogen-bond acceptors (Lipinski definition) is 3. The van der Waals surface area contributed by atoms with Gasteiger partial charge in [0.25, 0.3) is 5.56 Å². The number of carboxylic acids is 1. The molecule has 0 aliphatic rings. The van der Waals surface area contributed by atoms with Gasteiger partial charge in [-0.2, -0.15) is 0 Å². The fraction of sp³-hybridized carbons (Fsp3) is 0.167. The van der Waals surface area contributed by atoms with E-state index in [1.54, 1.807) is 11.3 Å². The van der Waals surface area contributed by atoms with Gasteiger partial charge in [0.05, 0.1) is 0 Å². The first kappa shape index (κ1) is 11.6. The van der Waals surface area contributed by atoms with Gasteiger partial charge in [-0.1, -0.05) is 12.1 Å². The zero-order chi connectivity index (χ0) is 12.3. The third-order valence-electron chi connectivity index (χ3n) is 2.43. The van der Waals surface area contributed by atoms with Gasteiger partial charge in [-0.25, -0.2) is 4.79 Å². The van der Waals surface area contributed by atoms with Gasteiger partial charge >= 0.3 is 5.97 Å². The van der Waals surface area contributed by atoms with Gasteiger partial charge in [-0.3, -0.25) is 4.79 Å². The second-order valence-corrected chi connectivity index (χ2v) is 4.57. The molecule has 0 bridgehead atoms. The van der Waals surface area contributed by atoms with Crippen molar-refractivity contribution in [3.8, 4) is 0 Å². The van der Waals surface area contributed by atoms with Crippen molar-refractivity contribution in [3.63, 3.8) is 0 Å². The van der Waals surface area contributed by atoms with Crippen LogP contribution in [0.25, 0.3) is 0 Å². The summed E-state index contributed by atoms with van der Waals surface area (Å²) in [5, 5.41) is 10.9. The molecule has 2 rings (SSSR count). The van der Waals surface area contributed by atoms with E-state index in [0.717, 1.165) is 4.88 Å². The number of nitrogens with zero attached hydrogens (tertiary/aromatic N) is 1. The Morgan fingerprint density at radius 1 is 1.29 bits per heavy atom. The molecular formula is C12H11NO3S. The van der Waals surface area contributed by atoms with Crippen molar-refractivity contribution in [1.29, 1.82) is 0 Å². The minimum atomic E-state index is -1.08. The van der Waals surface area contributed by atoms with Crippen LogP contribution in [-0.2, 0) is 13.0 Å². The topological polar surface area (TPSA) is 59.3 Å². The van der Waals surface area contributed by atoms with Gasteiger partial charge in [0.1, 0.15) is 5.69 Å². The predicted octanol–water partition coefficient (Wildman–Crippen LogP) is 1.85. The Morgan fingerprint density at radius 2 is 2.12 bits per heavy atom. The third kappa shape index (κ3) is 2.62. The minimum Gasteiger partial charge on any atom is -0.477 e. The van der Waals surface area contributed by atoms with Crippen LogP contribution in [-0.4, -0.2) is 15.6 Å². The molecule has 0 aliphatic heterocycles. The van der Waals surface area contributed by atoms with Crippen molar-refractivity contribution >= 4 is 17.3 Å². The summed E-state index contributed by atoms with van der Waals surface area (Å²) in [6.07, 6.45) is 0.669. The molecule has 4 nitrogen and oxygen atoms in total. The molecule has 2 aromatic heterocycles. The van der Waals surface area contributed by atoms with Crippen LogP contribution in [0.2, 0.25) is 0 Å². The Hall–Kier alpha value is -1.88. The van der Waals surface area contributed by atoms with E-state index in [9.17, 15) is 9.59 Å². The summed E-state index contributed by atoms with van der Waals surface area (Å²) in [4.78, 5) is 23.7. The third-order valence-corrected chi connectivity index (χ3v) is 3.37. The van der Waals surface area contributed by atoms with Crippen LogP contribution in [0.4, 0.5) is 0 Å². The summed E-state index contributed by atoms with van der Waals surface area (Å²) in [6, 6.07) is 8.19. The van der Waals surface area contributed by atoms with Gasteiger partial charge in [0.2, 0.25) is 0 Å². The first-order chi connectivity index (χ1) is 8.18. The zero-order valence-electron chi connectivity index (χ0n) is 9.00. The highest BCUT2D eigenvalue weighted by Gasteiger charge is 2.10. The van der Waals surface area contributed by atoms with Gasteiger partial charge in [0.15, 0.2) is 0 Å². The summed E-state index contributed by atoms with van der Waals surface area (Å²) >= 11 is 1.60. The minimum absolute atomic E-state index is 0.0362. The van der Waals surface area contributed by atoms with E-state index in [2.05, 4.69) is 0 Å². The van der Waals surface area contributed by atoms with Crippen LogP contribution >= 0.6 is 11.3 Å². The van der Waals surface area contributed by atoms with Crippen LogP contribution in [0, 0.1) is 0 Å². The normalized spacial score (nSPS) is 10.4. The molecule has 1 N–H and O–H groups in total. The molecule has 0 aliphatic carbocycles. The quantitative estimate of drug-likeness (QED) is 0.899. The summed E-state index contributed by atoms with van der Waals surface area (Å²) in [5.74, 6) is -1.08. The summed E-state index contributed by atoms with van der Waals surface area (Å²) in [5.41, 5.74) is -0.240. The Morgan fingerprint density at radius 3 is 2.76 bits per heavy atom. The molecule has 0 saturated heterocycles. The lowest BCUT2D eigenvalue weighted by atomic mass is 10.3. The van der Waals surface area contributed by atoms with Crippen LogP contribution in [0.15, 0.2) is 40.5 Å². The SMILES string of the molecule is O=C(O)c1cccc(=O)n1CCc1cccs1. The number of pyridine rings is 1. The fourth-order valence-electron chi connectivity index (χ4n) is 1.61. The molecule has 0 spiro atoms. The van der Waals surface area contributed by atoms with E-state index in [1.807, 2.05) is 17.5 Å². The smallest absolute Gasteiger partial charge is 0.352 e. The van der Waals surface area contributed by atoms with E-state index in [4.69, 9.17) is 5.11 Å². The summed E-state index contributed by atoms with van der Waals surface area (Å²) in [6.45, 7) is 0.391. The second kappa shape index (κ2) is 4.97. The van der Waals surface area contributed by atoms with Crippen molar-refractivity contribution in [2.24, 2.45) is 0 Å². The molecule has 2 aromatic rings. The van der Waals surface area contributed by atoms with Gasteiger partial charge in [0, 0.05) is 17.5 Å². The Bertz CT molecular complexity index is 572. The molecule has 17 heavy (non-hydrogen) atoms. The van der Waals surface area contributed by atoms with E-state index in [-0.39, 0.29) is 11.3 Å². The highest BCUT2D eigenvalue weighted by Crippen LogP contribution is 2.10. The second-order valence-electron chi connectivity index (χ2n) is 3.54. The van der Waals surface area contributed by atoms with Crippen LogP contribution in [0.1, 0.15) is 15.4 Å². The number of carbonyl (C=O) groups is 1. The van der Waals surface area contributed by atoms with Gasteiger partial charge < -0.3 is 9.67 Å². The number of thiophene rings is 1. The summed E-state index contributed by atoms with van der Waals surface area (Å²) in [7, 11) is 0. The molecule has 0 aromatic carbocycles. The van der Waals surface area contributed by atoms with Crippen molar-refractivity contribution in [3.05, 3.63) is 56.6 Å². The number of aromatic nitrogens is 1. The van der Waals surface area contributed by atoms with E-state index in [0.29, 0.717) is 13.0 Å². The maximum Gasteiger partial charge on any atom is 0.352 e. The molecule has 0 saturated carbocycles. The van der Waals surface area contributed by atoms with Gasteiger partial charge in [-0.15, -0.1) is 11.3 Å². The number of hydrogen-bond donors (Lipinski definition) is 1. The Balaban J connectivity index is 2.25. The van der Waals surface area contributed by atoms with Crippen molar-refractivity contribution in [2.45, 2.75) is 13.0 Å². The Labute approximate surface area is 102 Å². The highest BCUT2D eigenvalue weighted by molar-refractivity contribution is 7.09. The first-order valence-electron chi connectivity index (χ1n) is 5.14. The number of carboxylic acid groups (broad SMARTS) is 1. The molecule has 0 amide bonds. The monoisotopic (exact) mass is 249 g/mol. The van der Waals surface area contributed by atoms with Crippen LogP contribution < -0.4 is 5.56 Å². The number of aromatic carboxylic acids is 1.